The van der Waals surface area contributed by atoms with Gasteiger partial charge in [-0.3, -0.25) is 4.79 Å². The van der Waals surface area contributed by atoms with E-state index in [2.05, 4.69) is 44.0 Å². The Hall–Kier alpha value is -1.77. The summed E-state index contributed by atoms with van der Waals surface area (Å²) in [6, 6.07) is 8.20. The average molecular weight is 275 g/mol. The van der Waals surface area contributed by atoms with Gasteiger partial charge in [-0.15, -0.1) is 0 Å². The van der Waals surface area contributed by atoms with Gasteiger partial charge in [-0.05, 0) is 25.5 Å². The fourth-order valence-corrected chi connectivity index (χ4v) is 2.25. The first-order valence-electron chi connectivity index (χ1n) is 7.10. The number of likely N-dealkylation sites (N-methyl/N-ethyl adjacent to an activating group) is 1. The molecule has 3 nitrogen and oxygen atoms in total. The highest BCUT2D eigenvalue weighted by Gasteiger charge is 2.29. The third-order valence-corrected chi connectivity index (χ3v) is 3.43. The zero-order chi connectivity index (χ0) is 15.3. The van der Waals surface area contributed by atoms with Gasteiger partial charge in [-0.2, -0.15) is 0 Å². The Bertz CT molecular complexity index is 503. The molecule has 0 bridgehead atoms. The molecule has 110 valence electrons. The van der Waals surface area contributed by atoms with Crippen molar-refractivity contribution in [2.75, 3.05) is 18.6 Å². The second-order valence-electron chi connectivity index (χ2n) is 5.18. The van der Waals surface area contributed by atoms with E-state index in [-0.39, 0.29) is 11.5 Å². The molecule has 0 unspecified atom stereocenters. The van der Waals surface area contributed by atoms with Gasteiger partial charge in [0.15, 0.2) is 0 Å². The van der Waals surface area contributed by atoms with Gasteiger partial charge in [0.1, 0.15) is 6.61 Å². The predicted molar refractivity (Wildman–Crippen MR) is 84.9 cm³/mol. The molecule has 0 aliphatic carbocycles. The standard InChI is InChI=1S/C15H19NO2.C2H6/c1-11(17)18-10-12-9-15(2,3)16(4)14-8-6-5-7-13(12)14;1-2/h5-9H,10H2,1-4H3;1-2H3. The summed E-state index contributed by atoms with van der Waals surface area (Å²) in [4.78, 5) is 13.2. The van der Waals surface area contributed by atoms with Crippen molar-refractivity contribution < 1.29 is 9.53 Å². The summed E-state index contributed by atoms with van der Waals surface area (Å²) in [5, 5.41) is 0. The number of anilines is 1. The van der Waals surface area contributed by atoms with Crippen LogP contribution in [0.5, 0.6) is 0 Å². The number of esters is 1. The second kappa shape index (κ2) is 6.60. The molecular weight excluding hydrogens is 250 g/mol. The fraction of sp³-hybridized carbons (Fsp3) is 0.471. The molecule has 0 saturated carbocycles. The Morgan fingerprint density at radius 3 is 2.45 bits per heavy atom. The van der Waals surface area contributed by atoms with E-state index in [1.54, 1.807) is 0 Å². The van der Waals surface area contributed by atoms with Gasteiger partial charge >= 0.3 is 5.97 Å². The van der Waals surface area contributed by atoms with Crippen molar-refractivity contribution >= 4 is 17.2 Å². The lowest BCUT2D eigenvalue weighted by atomic mass is 9.89. The molecule has 1 heterocycles. The lowest BCUT2D eigenvalue weighted by Gasteiger charge is -2.40. The molecule has 0 aromatic heterocycles. The molecule has 1 aromatic carbocycles. The number of fused-ring (bicyclic) bond motifs is 1. The smallest absolute Gasteiger partial charge is 0.302 e. The summed E-state index contributed by atoms with van der Waals surface area (Å²) < 4.78 is 5.14. The molecule has 1 aliphatic heterocycles. The van der Waals surface area contributed by atoms with Gasteiger partial charge in [0.25, 0.3) is 0 Å². The number of benzene rings is 1. The lowest BCUT2D eigenvalue weighted by molar-refractivity contribution is -0.139. The minimum Gasteiger partial charge on any atom is -0.461 e. The van der Waals surface area contributed by atoms with E-state index in [1.807, 2.05) is 26.0 Å². The SMILES string of the molecule is CC.CC(=O)OCC1=CC(C)(C)N(C)c2ccccc21. The maximum absolute atomic E-state index is 11.0. The Labute approximate surface area is 122 Å². The van der Waals surface area contributed by atoms with Crippen LogP contribution in [-0.4, -0.2) is 25.2 Å². The van der Waals surface area contributed by atoms with E-state index in [4.69, 9.17) is 4.74 Å². The number of rotatable bonds is 2. The monoisotopic (exact) mass is 275 g/mol. The summed E-state index contributed by atoms with van der Waals surface area (Å²) in [5.74, 6) is -0.245. The second-order valence-corrected chi connectivity index (χ2v) is 5.18. The molecule has 0 N–H and O–H groups in total. The van der Waals surface area contributed by atoms with Gasteiger partial charge in [0, 0.05) is 25.2 Å². The van der Waals surface area contributed by atoms with Crippen LogP contribution < -0.4 is 4.90 Å². The third kappa shape index (κ3) is 3.41. The Balaban J connectivity index is 0.000000956. The molecular formula is C17H25NO2. The van der Waals surface area contributed by atoms with E-state index < -0.39 is 0 Å². The van der Waals surface area contributed by atoms with Crippen LogP contribution in [0.15, 0.2) is 30.3 Å². The van der Waals surface area contributed by atoms with Crippen LogP contribution in [0.2, 0.25) is 0 Å². The average Bonchev–Trinajstić information content (AvgIpc) is 2.43. The van der Waals surface area contributed by atoms with Crippen LogP contribution in [0, 0.1) is 0 Å². The first-order valence-corrected chi connectivity index (χ1v) is 7.10. The van der Waals surface area contributed by atoms with Crippen molar-refractivity contribution in [2.24, 2.45) is 0 Å². The van der Waals surface area contributed by atoms with Gasteiger partial charge < -0.3 is 9.64 Å². The predicted octanol–water partition coefficient (Wildman–Crippen LogP) is 3.89. The third-order valence-electron chi connectivity index (χ3n) is 3.43. The summed E-state index contributed by atoms with van der Waals surface area (Å²) in [6.07, 6.45) is 2.16. The maximum Gasteiger partial charge on any atom is 0.302 e. The van der Waals surface area contributed by atoms with Gasteiger partial charge in [0.2, 0.25) is 0 Å². The molecule has 0 amide bonds. The number of para-hydroxylation sites is 1. The van der Waals surface area contributed by atoms with E-state index in [0.717, 1.165) is 11.1 Å². The summed E-state index contributed by atoms with van der Waals surface area (Å²) >= 11 is 0. The molecule has 0 spiro atoms. The number of hydrogen-bond donors (Lipinski definition) is 0. The largest absolute Gasteiger partial charge is 0.461 e. The van der Waals surface area contributed by atoms with Gasteiger partial charge in [-0.25, -0.2) is 0 Å². The summed E-state index contributed by atoms with van der Waals surface area (Å²) in [7, 11) is 2.08. The molecule has 1 aromatic rings. The molecule has 3 heteroatoms. The lowest BCUT2D eigenvalue weighted by Crippen LogP contribution is -2.42. The van der Waals surface area contributed by atoms with Crippen molar-refractivity contribution in [2.45, 2.75) is 40.2 Å². The van der Waals surface area contributed by atoms with Crippen LogP contribution in [-0.2, 0) is 9.53 Å². The molecule has 1 aliphatic rings. The Kier molecular flexibility index (Phi) is 5.37. The topological polar surface area (TPSA) is 29.5 Å². The molecule has 2 rings (SSSR count). The van der Waals surface area contributed by atoms with E-state index >= 15 is 0 Å². The zero-order valence-corrected chi connectivity index (χ0v) is 13.4. The number of carbonyl (C=O) groups is 1. The van der Waals surface area contributed by atoms with Crippen LogP contribution in [0.4, 0.5) is 5.69 Å². The number of nitrogens with zero attached hydrogens (tertiary/aromatic N) is 1. The van der Waals surface area contributed by atoms with Gasteiger partial charge in [-0.1, -0.05) is 38.1 Å². The minimum absolute atomic E-state index is 0.0795. The Morgan fingerprint density at radius 2 is 1.85 bits per heavy atom. The molecule has 0 atom stereocenters. The van der Waals surface area contributed by atoms with E-state index in [9.17, 15) is 4.79 Å². The first-order chi connectivity index (χ1) is 9.42. The van der Waals surface area contributed by atoms with Crippen LogP contribution in [0.25, 0.3) is 5.57 Å². The van der Waals surface area contributed by atoms with Crippen molar-refractivity contribution in [1.82, 2.24) is 0 Å². The van der Waals surface area contributed by atoms with Crippen LogP contribution in [0.1, 0.15) is 40.2 Å². The van der Waals surface area contributed by atoms with Crippen LogP contribution >= 0.6 is 0 Å². The molecule has 0 saturated heterocycles. The summed E-state index contributed by atoms with van der Waals surface area (Å²) in [6.45, 7) is 10.1. The molecule has 0 fully saturated rings. The minimum atomic E-state index is -0.245. The van der Waals surface area contributed by atoms with Gasteiger partial charge in [0.05, 0.1) is 5.54 Å². The number of hydrogen-bond acceptors (Lipinski definition) is 3. The van der Waals surface area contributed by atoms with Crippen molar-refractivity contribution in [3.05, 3.63) is 35.9 Å². The zero-order valence-electron chi connectivity index (χ0n) is 13.4. The molecule has 20 heavy (non-hydrogen) atoms. The quantitative estimate of drug-likeness (QED) is 0.767. The first kappa shape index (κ1) is 16.3. The summed E-state index contributed by atoms with van der Waals surface area (Å²) in [5.41, 5.74) is 3.31. The number of ether oxygens (including phenoxy) is 1. The normalized spacial score (nSPS) is 15.5. The van der Waals surface area contributed by atoms with Crippen LogP contribution in [0.3, 0.4) is 0 Å². The number of carbonyl (C=O) groups excluding carboxylic acids is 1. The van der Waals surface area contributed by atoms with Crippen molar-refractivity contribution in [3.8, 4) is 0 Å². The highest BCUT2D eigenvalue weighted by molar-refractivity contribution is 5.83. The highest BCUT2D eigenvalue weighted by atomic mass is 16.5. The maximum atomic E-state index is 11.0. The fourth-order valence-electron chi connectivity index (χ4n) is 2.25. The Morgan fingerprint density at radius 1 is 1.25 bits per heavy atom. The van der Waals surface area contributed by atoms with Crippen molar-refractivity contribution in [3.63, 3.8) is 0 Å². The van der Waals surface area contributed by atoms with Crippen molar-refractivity contribution in [1.29, 1.82) is 0 Å². The van der Waals surface area contributed by atoms with E-state index in [0.29, 0.717) is 6.61 Å². The van der Waals surface area contributed by atoms with E-state index in [1.165, 1.54) is 12.6 Å². The highest BCUT2D eigenvalue weighted by Crippen LogP contribution is 2.37. The molecule has 0 radical (unpaired) electrons.